The second-order valence-electron chi connectivity index (χ2n) is 4.64. The first-order valence-electron chi connectivity index (χ1n) is 6.72. The van der Waals surface area contributed by atoms with E-state index in [0.29, 0.717) is 13.2 Å². The number of hydrogen-bond acceptors (Lipinski definition) is 6. The Labute approximate surface area is 126 Å². The fraction of sp³-hybridized carbons (Fsp3) is 0.357. The predicted molar refractivity (Wildman–Crippen MR) is 83.8 cm³/mol. The molecule has 3 rings (SSSR count). The van der Waals surface area contributed by atoms with Crippen molar-refractivity contribution in [3.8, 4) is 0 Å². The quantitative estimate of drug-likeness (QED) is 0.708. The summed E-state index contributed by atoms with van der Waals surface area (Å²) < 4.78 is 7.21. The molecule has 0 saturated carbocycles. The van der Waals surface area contributed by atoms with Crippen molar-refractivity contribution in [3.05, 3.63) is 34.7 Å². The van der Waals surface area contributed by atoms with Crippen LogP contribution in [0.15, 0.2) is 23.8 Å². The molecule has 1 N–H and O–H groups in total. The molecule has 7 heteroatoms. The highest BCUT2D eigenvalue weighted by Gasteiger charge is 2.11. The van der Waals surface area contributed by atoms with E-state index in [4.69, 9.17) is 4.74 Å². The van der Waals surface area contributed by atoms with Gasteiger partial charge in [-0.1, -0.05) is 0 Å². The standard InChI is InChI=1S/C14H17N5OS/c1-10-17-11-3-6-19(9-12-15-5-8-21-12)13(11)14(18-10)16-4-7-20-2/h3,5-6,8H,4,7,9H2,1-2H3,(H,16,17,18). The van der Waals surface area contributed by atoms with Gasteiger partial charge in [-0.2, -0.15) is 0 Å². The molecule has 0 atom stereocenters. The second kappa shape index (κ2) is 6.19. The highest BCUT2D eigenvalue weighted by atomic mass is 32.1. The summed E-state index contributed by atoms with van der Waals surface area (Å²) in [6.45, 7) is 3.98. The van der Waals surface area contributed by atoms with Crippen molar-refractivity contribution in [2.45, 2.75) is 13.5 Å². The number of hydrogen-bond donors (Lipinski definition) is 1. The Hall–Kier alpha value is -1.99. The van der Waals surface area contributed by atoms with Crippen LogP contribution in [0.5, 0.6) is 0 Å². The number of nitrogens with one attached hydrogen (secondary N) is 1. The maximum absolute atomic E-state index is 5.08. The van der Waals surface area contributed by atoms with Crippen molar-refractivity contribution in [3.63, 3.8) is 0 Å². The molecule has 0 aliphatic heterocycles. The van der Waals surface area contributed by atoms with Gasteiger partial charge >= 0.3 is 0 Å². The van der Waals surface area contributed by atoms with Gasteiger partial charge in [0.2, 0.25) is 0 Å². The van der Waals surface area contributed by atoms with Crippen LogP contribution in [0.3, 0.4) is 0 Å². The van der Waals surface area contributed by atoms with Crippen LogP contribution in [-0.2, 0) is 11.3 Å². The van der Waals surface area contributed by atoms with E-state index in [0.717, 1.165) is 34.2 Å². The zero-order valence-electron chi connectivity index (χ0n) is 12.0. The van der Waals surface area contributed by atoms with Crippen LogP contribution in [0.1, 0.15) is 10.8 Å². The molecule has 6 nitrogen and oxygen atoms in total. The highest BCUT2D eigenvalue weighted by Crippen LogP contribution is 2.23. The molecule has 0 fully saturated rings. The van der Waals surface area contributed by atoms with E-state index in [1.807, 2.05) is 30.8 Å². The van der Waals surface area contributed by atoms with E-state index >= 15 is 0 Å². The van der Waals surface area contributed by atoms with Crippen LogP contribution < -0.4 is 5.32 Å². The maximum Gasteiger partial charge on any atom is 0.154 e. The number of methoxy groups -OCH3 is 1. The molecule has 0 aromatic carbocycles. The molecule has 3 aromatic heterocycles. The third kappa shape index (κ3) is 3.03. The van der Waals surface area contributed by atoms with Gasteiger partial charge in [-0.05, 0) is 13.0 Å². The third-order valence-corrected chi connectivity index (χ3v) is 3.87. The zero-order chi connectivity index (χ0) is 14.7. The summed E-state index contributed by atoms with van der Waals surface area (Å²) in [6, 6.07) is 2.01. The Bertz CT molecular complexity index is 722. The first-order chi connectivity index (χ1) is 10.3. The maximum atomic E-state index is 5.08. The minimum Gasteiger partial charge on any atom is -0.383 e. The minimum atomic E-state index is 0.637. The predicted octanol–water partition coefficient (Wildman–Crippen LogP) is 2.30. The molecule has 21 heavy (non-hydrogen) atoms. The summed E-state index contributed by atoms with van der Waals surface area (Å²) in [4.78, 5) is 13.4. The van der Waals surface area contributed by atoms with E-state index in [1.165, 1.54) is 0 Å². The van der Waals surface area contributed by atoms with Gasteiger partial charge in [-0.3, -0.25) is 0 Å². The molecule has 0 saturated heterocycles. The van der Waals surface area contributed by atoms with E-state index in [1.54, 1.807) is 18.4 Å². The number of rotatable bonds is 6. The van der Waals surface area contributed by atoms with Crippen LogP contribution in [0.4, 0.5) is 5.82 Å². The van der Waals surface area contributed by atoms with Gasteiger partial charge < -0.3 is 14.6 Å². The van der Waals surface area contributed by atoms with Crippen LogP contribution in [0, 0.1) is 6.92 Å². The molecule has 0 spiro atoms. The molecular formula is C14H17N5OS. The lowest BCUT2D eigenvalue weighted by atomic mass is 10.4. The summed E-state index contributed by atoms with van der Waals surface area (Å²) in [5.74, 6) is 1.60. The lowest BCUT2D eigenvalue weighted by molar-refractivity contribution is 0.210. The van der Waals surface area contributed by atoms with Crippen LogP contribution >= 0.6 is 11.3 Å². The smallest absolute Gasteiger partial charge is 0.154 e. The summed E-state index contributed by atoms with van der Waals surface area (Å²) in [5.41, 5.74) is 1.95. The Morgan fingerprint density at radius 2 is 2.29 bits per heavy atom. The molecule has 0 aliphatic rings. The topological polar surface area (TPSA) is 64.9 Å². The summed E-state index contributed by atoms with van der Waals surface area (Å²) in [6.07, 6.45) is 3.85. The summed E-state index contributed by atoms with van der Waals surface area (Å²) >= 11 is 1.65. The first-order valence-corrected chi connectivity index (χ1v) is 7.60. The normalized spacial score (nSPS) is 11.1. The lowest BCUT2D eigenvalue weighted by Gasteiger charge is -2.10. The van der Waals surface area contributed by atoms with Gasteiger partial charge in [-0.25, -0.2) is 15.0 Å². The number of anilines is 1. The van der Waals surface area contributed by atoms with Gasteiger partial charge in [0, 0.05) is 31.4 Å². The number of ether oxygens (including phenoxy) is 1. The van der Waals surface area contributed by atoms with Crippen LogP contribution in [-0.4, -0.2) is 39.8 Å². The molecule has 0 bridgehead atoms. The van der Waals surface area contributed by atoms with E-state index in [9.17, 15) is 0 Å². The summed E-state index contributed by atoms with van der Waals surface area (Å²) in [7, 11) is 1.69. The molecule has 0 aliphatic carbocycles. The number of nitrogens with zero attached hydrogens (tertiary/aromatic N) is 4. The highest BCUT2D eigenvalue weighted by molar-refractivity contribution is 7.09. The Kier molecular flexibility index (Phi) is 4.12. The average Bonchev–Trinajstić information content (AvgIpc) is 3.10. The third-order valence-electron chi connectivity index (χ3n) is 3.11. The SMILES string of the molecule is COCCNc1nc(C)nc2ccn(Cc3nccs3)c12. The number of aromatic nitrogens is 4. The Morgan fingerprint density at radius 3 is 3.05 bits per heavy atom. The van der Waals surface area contributed by atoms with Crippen LogP contribution in [0.2, 0.25) is 0 Å². The molecule has 3 heterocycles. The fourth-order valence-electron chi connectivity index (χ4n) is 2.23. The van der Waals surface area contributed by atoms with Gasteiger partial charge in [0.25, 0.3) is 0 Å². The van der Waals surface area contributed by atoms with Gasteiger partial charge in [-0.15, -0.1) is 11.3 Å². The van der Waals surface area contributed by atoms with Crippen molar-refractivity contribution in [1.82, 2.24) is 19.5 Å². The number of fused-ring (bicyclic) bond motifs is 1. The zero-order valence-corrected chi connectivity index (χ0v) is 12.9. The fourth-order valence-corrected chi connectivity index (χ4v) is 2.84. The molecule has 110 valence electrons. The second-order valence-corrected chi connectivity index (χ2v) is 5.62. The number of thiazole rings is 1. The van der Waals surface area contributed by atoms with Crippen molar-refractivity contribution in [2.24, 2.45) is 0 Å². The van der Waals surface area contributed by atoms with Crippen molar-refractivity contribution < 1.29 is 4.74 Å². The first kappa shape index (κ1) is 14.0. The van der Waals surface area contributed by atoms with Gasteiger partial charge in [0.1, 0.15) is 16.3 Å². The van der Waals surface area contributed by atoms with E-state index in [2.05, 4.69) is 24.8 Å². The van der Waals surface area contributed by atoms with Crippen molar-refractivity contribution >= 4 is 28.2 Å². The molecule has 0 radical (unpaired) electrons. The van der Waals surface area contributed by atoms with E-state index < -0.39 is 0 Å². The molecule has 0 amide bonds. The van der Waals surface area contributed by atoms with Crippen molar-refractivity contribution in [1.29, 1.82) is 0 Å². The Balaban J connectivity index is 1.97. The molecule has 0 unspecified atom stereocenters. The average molecular weight is 303 g/mol. The summed E-state index contributed by atoms with van der Waals surface area (Å²) in [5, 5.41) is 6.37. The largest absolute Gasteiger partial charge is 0.383 e. The van der Waals surface area contributed by atoms with Crippen LogP contribution in [0.25, 0.3) is 11.0 Å². The molecule has 3 aromatic rings. The monoisotopic (exact) mass is 303 g/mol. The van der Waals surface area contributed by atoms with Crippen molar-refractivity contribution in [2.75, 3.05) is 25.6 Å². The van der Waals surface area contributed by atoms with E-state index in [-0.39, 0.29) is 0 Å². The van der Waals surface area contributed by atoms with Gasteiger partial charge in [0.15, 0.2) is 5.82 Å². The number of aryl methyl sites for hydroxylation is 1. The van der Waals surface area contributed by atoms with Gasteiger partial charge in [0.05, 0.1) is 18.7 Å². The Morgan fingerprint density at radius 1 is 1.38 bits per heavy atom. The molecular weight excluding hydrogens is 286 g/mol. The lowest BCUT2D eigenvalue weighted by Crippen LogP contribution is -2.11. The minimum absolute atomic E-state index is 0.637.